The molecule has 3 aromatic rings. The number of nitrogens with zero attached hydrogens (tertiary/aromatic N) is 2. The molecule has 13 heteroatoms. The number of carboxylic acid groups (broad SMARTS) is 1. The third-order valence-corrected chi connectivity index (χ3v) is 8.84. The average molecular weight is 680 g/mol. The summed E-state index contributed by atoms with van der Waals surface area (Å²) in [5.74, 6) is -3.62. The zero-order chi connectivity index (χ0) is 33.5. The fourth-order valence-electron chi connectivity index (χ4n) is 5.02. The van der Waals surface area contributed by atoms with E-state index in [0.29, 0.717) is 44.8 Å². The molecule has 0 unspecified atom stereocenters. The number of aromatic carboxylic acids is 1. The highest BCUT2D eigenvalue weighted by Crippen LogP contribution is 2.34. The number of hydrogen-bond acceptors (Lipinski definition) is 8. The summed E-state index contributed by atoms with van der Waals surface area (Å²) in [6, 6.07) is 13.3. The number of ether oxygens (including phenoxy) is 2. The number of nitrogens with one attached hydrogen (secondary N) is 1. The molecule has 2 aliphatic rings. The smallest absolute Gasteiger partial charge is 0.335 e. The molecule has 0 aromatic heterocycles. The van der Waals surface area contributed by atoms with E-state index < -0.39 is 23.5 Å². The number of anilines is 1. The minimum absolute atomic E-state index is 0.00991. The molecule has 2 heterocycles. The lowest BCUT2D eigenvalue weighted by Crippen LogP contribution is -2.36. The van der Waals surface area contributed by atoms with Crippen molar-refractivity contribution in [2.45, 2.75) is 6.42 Å². The van der Waals surface area contributed by atoms with Gasteiger partial charge in [-0.15, -0.1) is 0 Å². The lowest BCUT2D eigenvalue weighted by atomic mass is 9.99. The number of morpholine rings is 1. The summed E-state index contributed by atoms with van der Waals surface area (Å²) >= 11 is 6.57. The molecule has 0 aliphatic carbocycles. The number of rotatable bonds is 11. The molecule has 0 radical (unpaired) electrons. The molecule has 0 bridgehead atoms. The highest BCUT2D eigenvalue weighted by Gasteiger charge is 2.32. The standard InChI is InChI=1S/C34H31F2N3O6S2/c1-44-29-20-24(33(42)43)5-7-28(29)37-31(40)8-10-39-32(41)30(47-34(39)46)18-22-15-21(3-2-9-38-11-13-45-14-12-38)16-25(17-22)23-4-6-26(35)27(36)19-23/h2-7,15-20H,8-14H2,1H3,(H,37,40)(H,42,43)/b3-2+,30-18-. The van der Waals surface area contributed by atoms with Crippen LogP contribution >= 0.6 is 24.0 Å². The Morgan fingerprint density at radius 3 is 2.53 bits per heavy atom. The Bertz CT molecular complexity index is 1770. The second-order valence-electron chi connectivity index (χ2n) is 10.7. The van der Waals surface area contributed by atoms with Crippen LogP contribution in [0.1, 0.15) is 27.9 Å². The third-order valence-electron chi connectivity index (χ3n) is 7.46. The highest BCUT2D eigenvalue weighted by molar-refractivity contribution is 8.26. The van der Waals surface area contributed by atoms with Gasteiger partial charge in [0.25, 0.3) is 5.91 Å². The topological polar surface area (TPSA) is 108 Å². The minimum atomic E-state index is -1.13. The first-order chi connectivity index (χ1) is 22.6. The van der Waals surface area contributed by atoms with Gasteiger partial charge in [-0.25, -0.2) is 13.6 Å². The van der Waals surface area contributed by atoms with Gasteiger partial charge in [0.1, 0.15) is 10.1 Å². The number of methoxy groups -OCH3 is 1. The Balaban J connectivity index is 1.31. The van der Waals surface area contributed by atoms with Gasteiger partial charge < -0.3 is 19.9 Å². The molecule has 244 valence electrons. The Kier molecular flexibility index (Phi) is 11.1. The fourth-order valence-corrected chi connectivity index (χ4v) is 6.33. The zero-order valence-electron chi connectivity index (χ0n) is 25.3. The summed E-state index contributed by atoms with van der Waals surface area (Å²) in [5.41, 5.74) is 2.90. The molecule has 9 nitrogen and oxygen atoms in total. The average Bonchev–Trinajstić information content (AvgIpc) is 3.32. The van der Waals surface area contributed by atoms with Gasteiger partial charge in [0.15, 0.2) is 11.6 Å². The number of thiocarbonyl (C=S) groups is 1. The molecular weight excluding hydrogens is 649 g/mol. The van der Waals surface area contributed by atoms with Crippen LogP contribution in [0.25, 0.3) is 23.3 Å². The van der Waals surface area contributed by atoms with Crippen molar-refractivity contribution >= 4 is 63.9 Å². The lowest BCUT2D eigenvalue weighted by molar-refractivity contribution is -0.122. The van der Waals surface area contributed by atoms with Gasteiger partial charge in [-0.05, 0) is 76.9 Å². The summed E-state index contributed by atoms with van der Waals surface area (Å²) in [5, 5.41) is 11.9. The summed E-state index contributed by atoms with van der Waals surface area (Å²) < 4.78 is 38.7. The molecule has 47 heavy (non-hydrogen) atoms. The molecular formula is C34H31F2N3O6S2. The zero-order valence-corrected chi connectivity index (χ0v) is 27.0. The van der Waals surface area contributed by atoms with Crippen LogP contribution in [0.5, 0.6) is 5.75 Å². The Hall–Kier alpha value is -4.43. The predicted molar refractivity (Wildman–Crippen MR) is 181 cm³/mol. The van der Waals surface area contributed by atoms with Gasteiger partial charge in [0, 0.05) is 32.6 Å². The molecule has 2 aliphatic heterocycles. The van der Waals surface area contributed by atoms with Gasteiger partial charge in [0.05, 0.1) is 36.5 Å². The van der Waals surface area contributed by atoms with Crippen LogP contribution in [0.3, 0.4) is 0 Å². The van der Waals surface area contributed by atoms with Crippen molar-refractivity contribution in [2.24, 2.45) is 0 Å². The molecule has 2 fully saturated rings. The molecule has 2 N–H and O–H groups in total. The SMILES string of the molecule is COc1cc(C(=O)O)ccc1NC(=O)CCN1C(=O)/C(=C/c2cc(/C=C/CN3CCOCC3)cc(-c3ccc(F)c(F)c3)c2)SC1=S. The molecule has 5 rings (SSSR count). The number of thioether (sulfide) groups is 1. The minimum Gasteiger partial charge on any atom is -0.495 e. The van der Waals surface area contributed by atoms with Crippen molar-refractivity contribution in [3.63, 3.8) is 0 Å². The van der Waals surface area contributed by atoms with Crippen LogP contribution in [0.15, 0.2) is 65.6 Å². The molecule has 3 aromatic carbocycles. The summed E-state index contributed by atoms with van der Waals surface area (Å²) in [7, 11) is 1.36. The van der Waals surface area contributed by atoms with Gasteiger partial charge in [-0.3, -0.25) is 19.4 Å². The second-order valence-corrected chi connectivity index (χ2v) is 12.4. The van der Waals surface area contributed by atoms with Crippen molar-refractivity contribution in [1.82, 2.24) is 9.80 Å². The van der Waals surface area contributed by atoms with Crippen LogP contribution in [0.4, 0.5) is 14.5 Å². The maximum absolute atomic E-state index is 14.1. The third kappa shape index (κ3) is 8.69. The van der Waals surface area contributed by atoms with E-state index in [1.54, 1.807) is 12.1 Å². The number of carbonyl (C=O) groups excluding carboxylic acids is 2. The molecule has 2 saturated heterocycles. The number of amides is 2. The van der Waals surface area contributed by atoms with E-state index in [1.165, 1.54) is 36.3 Å². The largest absolute Gasteiger partial charge is 0.495 e. The number of halogens is 2. The highest BCUT2D eigenvalue weighted by atomic mass is 32.2. The van der Waals surface area contributed by atoms with Crippen LogP contribution < -0.4 is 10.1 Å². The van der Waals surface area contributed by atoms with Crippen LogP contribution in [-0.2, 0) is 14.3 Å². The second kappa shape index (κ2) is 15.4. The van der Waals surface area contributed by atoms with E-state index in [-0.39, 0.29) is 30.2 Å². The van der Waals surface area contributed by atoms with Gasteiger partial charge in [0.2, 0.25) is 5.91 Å². The van der Waals surface area contributed by atoms with Crippen LogP contribution in [0.2, 0.25) is 0 Å². The van der Waals surface area contributed by atoms with E-state index in [4.69, 9.17) is 21.7 Å². The first kappa shape index (κ1) is 33.9. The first-order valence-electron chi connectivity index (χ1n) is 14.6. The summed E-state index contributed by atoms with van der Waals surface area (Å²) in [4.78, 5) is 41.3. The first-order valence-corrected chi connectivity index (χ1v) is 15.9. The quantitative estimate of drug-likeness (QED) is 0.189. The summed E-state index contributed by atoms with van der Waals surface area (Å²) in [6.45, 7) is 3.78. The van der Waals surface area contributed by atoms with E-state index >= 15 is 0 Å². The number of carbonyl (C=O) groups is 3. The maximum atomic E-state index is 14.1. The molecule has 0 atom stereocenters. The Labute approximate surface area is 279 Å². The van der Waals surface area contributed by atoms with Gasteiger partial charge >= 0.3 is 5.97 Å². The van der Waals surface area contributed by atoms with Crippen molar-refractivity contribution in [1.29, 1.82) is 0 Å². The van der Waals surface area contributed by atoms with Gasteiger partial charge in [-0.1, -0.05) is 42.2 Å². The van der Waals surface area contributed by atoms with E-state index in [2.05, 4.69) is 10.2 Å². The molecule has 0 spiro atoms. The summed E-state index contributed by atoms with van der Waals surface area (Å²) in [6.07, 6.45) is 5.59. The van der Waals surface area contributed by atoms with E-state index in [9.17, 15) is 28.3 Å². The van der Waals surface area contributed by atoms with Crippen LogP contribution in [0, 0.1) is 11.6 Å². The Morgan fingerprint density at radius 2 is 1.81 bits per heavy atom. The number of carboxylic acids is 1. The molecule has 2 amide bonds. The monoisotopic (exact) mass is 679 g/mol. The van der Waals surface area contributed by atoms with Crippen LogP contribution in [-0.4, -0.2) is 83.5 Å². The normalized spacial score (nSPS) is 16.3. The van der Waals surface area contributed by atoms with Crippen molar-refractivity contribution < 1.29 is 37.7 Å². The maximum Gasteiger partial charge on any atom is 0.335 e. The lowest BCUT2D eigenvalue weighted by Gasteiger charge is -2.25. The Morgan fingerprint density at radius 1 is 1.04 bits per heavy atom. The number of benzene rings is 3. The number of hydrogen-bond donors (Lipinski definition) is 2. The van der Waals surface area contributed by atoms with Crippen molar-refractivity contribution in [3.05, 3.63) is 93.9 Å². The van der Waals surface area contributed by atoms with Gasteiger partial charge in [-0.2, -0.15) is 0 Å². The molecule has 0 saturated carbocycles. The predicted octanol–water partition coefficient (Wildman–Crippen LogP) is 5.91. The van der Waals surface area contributed by atoms with Crippen molar-refractivity contribution in [3.8, 4) is 16.9 Å². The van der Waals surface area contributed by atoms with E-state index in [1.807, 2.05) is 24.3 Å². The van der Waals surface area contributed by atoms with E-state index in [0.717, 1.165) is 49.1 Å². The van der Waals surface area contributed by atoms with Crippen molar-refractivity contribution in [2.75, 3.05) is 51.8 Å². The fraction of sp³-hybridized carbons (Fsp3) is 0.235.